The van der Waals surface area contributed by atoms with Crippen molar-refractivity contribution < 1.29 is 14.3 Å². The van der Waals surface area contributed by atoms with Crippen LogP contribution >= 0.6 is 23.4 Å². The molecule has 0 fully saturated rings. The van der Waals surface area contributed by atoms with Gasteiger partial charge in [0.2, 0.25) is 5.91 Å². The fourth-order valence-electron chi connectivity index (χ4n) is 4.07. The van der Waals surface area contributed by atoms with E-state index in [4.69, 9.17) is 26.1 Å². The molecule has 176 valence electrons. The number of hydrogen-bond donors (Lipinski definition) is 1. The standard InChI is InChI=1S/C25H30ClN3O3S/c1-6-25(2,3)17-7-8-19-15(10-17)9-16(13-27)24(29-19)33-14-23(30)28-20-11-18(26)21(31-4)12-22(20)32-5/h9,11-12,17H,6-8,10,14H2,1-5H3,(H,28,30). The normalized spacial score (nSPS) is 15.4. The van der Waals surface area contributed by atoms with Crippen LogP contribution in [0.4, 0.5) is 5.69 Å². The number of fused-ring (bicyclic) bond motifs is 1. The van der Waals surface area contributed by atoms with E-state index in [0.717, 1.165) is 36.9 Å². The van der Waals surface area contributed by atoms with Gasteiger partial charge in [0.25, 0.3) is 0 Å². The van der Waals surface area contributed by atoms with Crippen LogP contribution in [0.5, 0.6) is 11.5 Å². The Bertz CT molecular complexity index is 1080. The minimum atomic E-state index is -0.243. The second-order valence-corrected chi connectivity index (χ2v) is 10.2. The average Bonchev–Trinajstić information content (AvgIpc) is 2.81. The van der Waals surface area contributed by atoms with Crippen molar-refractivity contribution in [2.24, 2.45) is 11.3 Å². The van der Waals surface area contributed by atoms with E-state index in [1.807, 2.05) is 6.07 Å². The number of nitrogens with zero attached hydrogens (tertiary/aromatic N) is 2. The number of pyridine rings is 1. The molecule has 1 aromatic carbocycles. The minimum Gasteiger partial charge on any atom is -0.495 e. The number of nitriles is 1. The number of amides is 1. The zero-order valence-electron chi connectivity index (χ0n) is 19.8. The summed E-state index contributed by atoms with van der Waals surface area (Å²) in [6.45, 7) is 6.86. The van der Waals surface area contributed by atoms with Crippen LogP contribution in [-0.2, 0) is 17.6 Å². The number of rotatable bonds is 8. The van der Waals surface area contributed by atoms with Crippen molar-refractivity contribution in [3.8, 4) is 17.6 Å². The molecule has 1 unspecified atom stereocenters. The van der Waals surface area contributed by atoms with Crippen molar-refractivity contribution >= 4 is 35.0 Å². The fraction of sp³-hybridized carbons (Fsp3) is 0.480. The summed E-state index contributed by atoms with van der Waals surface area (Å²) >= 11 is 7.45. The van der Waals surface area contributed by atoms with Gasteiger partial charge in [-0.05, 0) is 48.3 Å². The predicted octanol–water partition coefficient (Wildman–Crippen LogP) is 5.90. The average molecular weight is 488 g/mol. The Hall–Kier alpha value is -2.43. The maximum atomic E-state index is 12.6. The molecule has 0 radical (unpaired) electrons. The molecule has 0 bridgehead atoms. The van der Waals surface area contributed by atoms with Crippen LogP contribution in [0.2, 0.25) is 5.02 Å². The summed E-state index contributed by atoms with van der Waals surface area (Å²) in [5.41, 5.74) is 3.45. The van der Waals surface area contributed by atoms with Crippen LogP contribution < -0.4 is 14.8 Å². The number of aromatic nitrogens is 1. The van der Waals surface area contributed by atoms with Gasteiger partial charge in [-0.2, -0.15) is 5.26 Å². The molecule has 0 spiro atoms. The lowest BCUT2D eigenvalue weighted by atomic mass is 9.69. The van der Waals surface area contributed by atoms with Crippen LogP contribution in [0, 0.1) is 22.7 Å². The Morgan fingerprint density at radius 2 is 2.03 bits per heavy atom. The number of halogens is 1. The molecule has 1 N–H and O–H groups in total. The molecular formula is C25H30ClN3O3S. The molecule has 1 atom stereocenters. The number of hydrogen-bond acceptors (Lipinski definition) is 6. The smallest absolute Gasteiger partial charge is 0.234 e. The molecule has 8 heteroatoms. The number of aryl methyl sites for hydroxylation is 1. The number of carbonyl (C=O) groups excluding carboxylic acids is 1. The number of methoxy groups -OCH3 is 2. The predicted molar refractivity (Wildman–Crippen MR) is 132 cm³/mol. The highest BCUT2D eigenvalue weighted by molar-refractivity contribution is 8.00. The molecule has 6 nitrogen and oxygen atoms in total. The maximum absolute atomic E-state index is 12.6. The molecule has 2 aromatic rings. The second kappa shape index (κ2) is 10.7. The van der Waals surface area contributed by atoms with E-state index < -0.39 is 0 Å². The van der Waals surface area contributed by atoms with E-state index in [0.29, 0.717) is 38.7 Å². The summed E-state index contributed by atoms with van der Waals surface area (Å²) in [6.07, 6.45) is 4.06. The number of anilines is 1. The summed E-state index contributed by atoms with van der Waals surface area (Å²) < 4.78 is 10.5. The van der Waals surface area contributed by atoms with Crippen LogP contribution in [0.25, 0.3) is 0 Å². The number of nitrogens with one attached hydrogen (secondary N) is 1. The Balaban J connectivity index is 1.72. The van der Waals surface area contributed by atoms with Crippen molar-refractivity contribution in [2.45, 2.75) is 51.5 Å². The lowest BCUT2D eigenvalue weighted by Gasteiger charge is -2.37. The Labute approximate surface area is 205 Å². The van der Waals surface area contributed by atoms with Gasteiger partial charge in [-0.25, -0.2) is 4.98 Å². The summed E-state index contributed by atoms with van der Waals surface area (Å²) in [5.74, 6) is 1.36. The number of benzene rings is 1. The molecule has 1 aliphatic rings. The summed E-state index contributed by atoms with van der Waals surface area (Å²) in [4.78, 5) is 17.4. The first-order valence-electron chi connectivity index (χ1n) is 11.0. The molecule has 1 aromatic heterocycles. The SMILES string of the molecule is CCC(C)(C)C1CCc2nc(SCC(=O)Nc3cc(Cl)c(OC)cc3OC)c(C#N)cc2C1. The Kier molecular flexibility index (Phi) is 8.14. The van der Waals surface area contributed by atoms with Gasteiger partial charge in [0.05, 0.1) is 36.2 Å². The van der Waals surface area contributed by atoms with E-state index in [1.165, 1.54) is 26.0 Å². The third-order valence-corrected chi connectivity index (χ3v) is 7.86. The molecular weight excluding hydrogens is 458 g/mol. The third kappa shape index (κ3) is 5.74. The van der Waals surface area contributed by atoms with Crippen molar-refractivity contribution in [3.63, 3.8) is 0 Å². The van der Waals surface area contributed by atoms with E-state index >= 15 is 0 Å². The van der Waals surface area contributed by atoms with Crippen LogP contribution in [0.1, 0.15) is 50.4 Å². The first kappa shape index (κ1) is 25.2. The lowest BCUT2D eigenvalue weighted by molar-refractivity contribution is -0.113. The van der Waals surface area contributed by atoms with E-state index in [1.54, 1.807) is 12.1 Å². The van der Waals surface area contributed by atoms with Gasteiger partial charge < -0.3 is 14.8 Å². The van der Waals surface area contributed by atoms with Crippen molar-refractivity contribution in [2.75, 3.05) is 25.3 Å². The van der Waals surface area contributed by atoms with Gasteiger partial charge in [0, 0.05) is 11.8 Å². The second-order valence-electron chi connectivity index (χ2n) is 8.86. The third-order valence-electron chi connectivity index (χ3n) is 6.58. The highest BCUT2D eigenvalue weighted by Crippen LogP contribution is 2.40. The van der Waals surface area contributed by atoms with Crippen LogP contribution in [0.15, 0.2) is 23.2 Å². The van der Waals surface area contributed by atoms with Crippen molar-refractivity contribution in [1.82, 2.24) is 4.98 Å². The van der Waals surface area contributed by atoms with Gasteiger partial charge in [-0.15, -0.1) is 0 Å². The molecule has 33 heavy (non-hydrogen) atoms. The maximum Gasteiger partial charge on any atom is 0.234 e. The quantitative estimate of drug-likeness (QED) is 0.467. The number of thioether (sulfide) groups is 1. The zero-order chi connectivity index (χ0) is 24.2. The van der Waals surface area contributed by atoms with E-state index in [-0.39, 0.29) is 17.1 Å². The highest BCUT2D eigenvalue weighted by Gasteiger charge is 2.32. The largest absolute Gasteiger partial charge is 0.495 e. The van der Waals surface area contributed by atoms with E-state index in [9.17, 15) is 10.1 Å². The summed E-state index contributed by atoms with van der Waals surface area (Å²) in [7, 11) is 3.02. The van der Waals surface area contributed by atoms with Crippen LogP contribution in [-0.4, -0.2) is 30.9 Å². The molecule has 3 rings (SSSR count). The highest BCUT2D eigenvalue weighted by atomic mass is 35.5. The topological polar surface area (TPSA) is 84.2 Å². The first-order valence-corrected chi connectivity index (χ1v) is 12.4. The Morgan fingerprint density at radius 3 is 2.67 bits per heavy atom. The van der Waals surface area contributed by atoms with Gasteiger partial charge >= 0.3 is 0 Å². The monoisotopic (exact) mass is 487 g/mol. The number of ether oxygens (including phenoxy) is 2. The lowest BCUT2D eigenvalue weighted by Crippen LogP contribution is -2.29. The molecule has 0 saturated heterocycles. The van der Waals surface area contributed by atoms with Gasteiger partial charge in [0.15, 0.2) is 0 Å². The van der Waals surface area contributed by atoms with Crippen molar-refractivity contribution in [3.05, 3.63) is 40.0 Å². The Morgan fingerprint density at radius 1 is 1.30 bits per heavy atom. The first-order chi connectivity index (χ1) is 15.7. The van der Waals surface area contributed by atoms with Gasteiger partial charge in [-0.1, -0.05) is 50.6 Å². The molecule has 1 amide bonds. The molecule has 0 aliphatic heterocycles. The van der Waals surface area contributed by atoms with Gasteiger partial charge in [-0.3, -0.25) is 4.79 Å². The minimum absolute atomic E-state index is 0.110. The van der Waals surface area contributed by atoms with E-state index in [2.05, 4.69) is 32.2 Å². The van der Waals surface area contributed by atoms with Crippen molar-refractivity contribution in [1.29, 1.82) is 5.26 Å². The molecule has 1 heterocycles. The van der Waals surface area contributed by atoms with Crippen LogP contribution in [0.3, 0.4) is 0 Å². The molecule has 1 aliphatic carbocycles. The zero-order valence-corrected chi connectivity index (χ0v) is 21.3. The fourth-order valence-corrected chi connectivity index (χ4v) is 5.08. The van der Waals surface area contributed by atoms with Gasteiger partial charge in [0.1, 0.15) is 22.6 Å². The summed E-state index contributed by atoms with van der Waals surface area (Å²) in [6, 6.07) is 7.44. The summed E-state index contributed by atoms with van der Waals surface area (Å²) in [5, 5.41) is 13.5. The molecule has 0 saturated carbocycles. The number of carbonyl (C=O) groups is 1.